The summed E-state index contributed by atoms with van der Waals surface area (Å²) in [5, 5.41) is 6.66. The summed E-state index contributed by atoms with van der Waals surface area (Å²) in [5.41, 5.74) is 8.80. The van der Waals surface area contributed by atoms with Crippen LogP contribution in [0.4, 0.5) is 0 Å². The van der Waals surface area contributed by atoms with Gasteiger partial charge in [0.1, 0.15) is 6.04 Å². The molecule has 18 heavy (non-hydrogen) atoms. The zero-order chi connectivity index (χ0) is 13.0. The maximum absolute atomic E-state index is 11.2. The molecule has 0 saturated carbocycles. The van der Waals surface area contributed by atoms with Crippen LogP contribution in [0, 0.1) is 0 Å². The Morgan fingerprint density at radius 3 is 2.67 bits per heavy atom. The monoisotopic (exact) mass is 245 g/mol. The van der Waals surface area contributed by atoms with E-state index in [2.05, 4.69) is 14.9 Å². The molecule has 1 heterocycles. The molecule has 0 unspecified atom stereocenters. The number of esters is 1. The number of ether oxygens (including phenoxy) is 1. The summed E-state index contributed by atoms with van der Waals surface area (Å²) in [6, 6.07) is 7.24. The molecule has 0 saturated heterocycles. The molecule has 0 aliphatic rings. The molecule has 3 N–H and O–H groups in total. The van der Waals surface area contributed by atoms with Crippen molar-refractivity contribution in [1.82, 2.24) is 10.2 Å². The number of H-pyrrole nitrogens is 1. The van der Waals surface area contributed by atoms with Crippen LogP contribution in [-0.4, -0.2) is 29.3 Å². The van der Waals surface area contributed by atoms with Crippen molar-refractivity contribution in [2.24, 2.45) is 5.73 Å². The Labute approximate surface area is 105 Å². The number of nitrogens with one attached hydrogen (secondary N) is 1. The number of nitrogens with zero attached hydrogens (tertiary/aromatic N) is 1. The minimum atomic E-state index is -0.616. The summed E-state index contributed by atoms with van der Waals surface area (Å²) in [6.45, 7) is 0. The molecule has 0 bridgehead atoms. The van der Waals surface area contributed by atoms with Gasteiger partial charge in [-0.25, -0.2) is 0 Å². The third kappa shape index (κ3) is 2.75. The summed E-state index contributed by atoms with van der Waals surface area (Å²) in [6.07, 6.45) is 4.06. The van der Waals surface area contributed by atoms with E-state index in [1.807, 2.05) is 30.5 Å². The van der Waals surface area contributed by atoms with Gasteiger partial charge in [0.25, 0.3) is 0 Å². The van der Waals surface area contributed by atoms with Crippen LogP contribution in [0.5, 0.6) is 0 Å². The highest BCUT2D eigenvalue weighted by Gasteiger charge is 2.13. The van der Waals surface area contributed by atoms with Gasteiger partial charge in [0.2, 0.25) is 0 Å². The topological polar surface area (TPSA) is 81.0 Å². The van der Waals surface area contributed by atoms with Crippen molar-refractivity contribution in [3.63, 3.8) is 0 Å². The fourth-order valence-electron chi connectivity index (χ4n) is 1.73. The molecule has 0 amide bonds. The number of carbonyl (C=O) groups is 1. The van der Waals surface area contributed by atoms with Crippen LogP contribution in [0.3, 0.4) is 0 Å². The first-order valence-corrected chi connectivity index (χ1v) is 5.62. The van der Waals surface area contributed by atoms with Crippen LogP contribution in [0.15, 0.2) is 36.7 Å². The first-order valence-electron chi connectivity index (χ1n) is 5.62. The van der Waals surface area contributed by atoms with Gasteiger partial charge in [-0.1, -0.05) is 24.3 Å². The Morgan fingerprint density at radius 1 is 1.39 bits per heavy atom. The number of aromatic nitrogens is 2. The Bertz CT molecular complexity index is 506. The molecule has 1 aromatic heterocycles. The van der Waals surface area contributed by atoms with Gasteiger partial charge in [0.05, 0.1) is 13.3 Å². The van der Waals surface area contributed by atoms with Crippen LogP contribution in [0.1, 0.15) is 5.56 Å². The average Bonchev–Trinajstić information content (AvgIpc) is 2.92. The lowest BCUT2D eigenvalue weighted by Crippen LogP contribution is -2.33. The van der Waals surface area contributed by atoms with Gasteiger partial charge < -0.3 is 10.5 Å². The first kappa shape index (κ1) is 12.3. The second kappa shape index (κ2) is 5.46. The lowest BCUT2D eigenvalue weighted by molar-refractivity contribution is -0.142. The molecule has 2 rings (SSSR count). The molecule has 0 spiro atoms. The van der Waals surface area contributed by atoms with Crippen LogP contribution < -0.4 is 5.73 Å². The molecule has 0 radical (unpaired) electrons. The van der Waals surface area contributed by atoms with Crippen LogP contribution in [-0.2, 0) is 16.0 Å². The maximum atomic E-state index is 11.2. The third-order valence-electron chi connectivity index (χ3n) is 2.75. The minimum Gasteiger partial charge on any atom is -0.468 e. The molecular weight excluding hydrogens is 230 g/mol. The number of hydrogen-bond donors (Lipinski definition) is 2. The highest BCUT2D eigenvalue weighted by Crippen LogP contribution is 2.18. The van der Waals surface area contributed by atoms with Crippen molar-refractivity contribution < 1.29 is 9.53 Å². The van der Waals surface area contributed by atoms with Gasteiger partial charge in [0.15, 0.2) is 0 Å². The lowest BCUT2D eigenvalue weighted by atomic mass is 10.0. The molecule has 0 aliphatic heterocycles. The molecule has 2 aromatic rings. The van der Waals surface area contributed by atoms with Crippen molar-refractivity contribution in [3.8, 4) is 11.1 Å². The molecular formula is C13H15N3O2. The number of aromatic amines is 1. The molecule has 0 aliphatic carbocycles. The van der Waals surface area contributed by atoms with Crippen molar-refractivity contribution in [2.75, 3.05) is 7.11 Å². The number of hydrogen-bond acceptors (Lipinski definition) is 4. The van der Waals surface area contributed by atoms with E-state index in [9.17, 15) is 4.79 Å². The Morgan fingerprint density at radius 2 is 2.11 bits per heavy atom. The number of nitrogens with two attached hydrogens (primary N) is 1. The van der Waals surface area contributed by atoms with E-state index in [0.717, 1.165) is 16.7 Å². The Balaban J connectivity index is 2.06. The van der Waals surface area contributed by atoms with Gasteiger partial charge >= 0.3 is 5.97 Å². The summed E-state index contributed by atoms with van der Waals surface area (Å²) < 4.78 is 4.59. The Hall–Kier alpha value is -2.14. The fraction of sp³-hybridized carbons (Fsp3) is 0.231. The van der Waals surface area contributed by atoms with E-state index in [-0.39, 0.29) is 0 Å². The highest BCUT2D eigenvalue weighted by molar-refractivity contribution is 5.75. The lowest BCUT2D eigenvalue weighted by Gasteiger charge is -2.09. The molecule has 1 aromatic carbocycles. The number of benzene rings is 1. The predicted molar refractivity (Wildman–Crippen MR) is 67.7 cm³/mol. The standard InChI is InChI=1S/C13H15N3O2/c1-18-13(17)12(14)6-9-2-4-10(5-3-9)11-7-15-16-8-11/h2-5,7-8,12H,6,14H2,1H3,(H,15,16)/t12-/m0/s1. The van der Waals surface area contributed by atoms with E-state index < -0.39 is 12.0 Å². The third-order valence-corrected chi connectivity index (χ3v) is 2.75. The molecule has 94 valence electrons. The summed E-state index contributed by atoms with van der Waals surface area (Å²) >= 11 is 0. The smallest absolute Gasteiger partial charge is 0.322 e. The van der Waals surface area contributed by atoms with E-state index in [1.54, 1.807) is 6.20 Å². The quantitative estimate of drug-likeness (QED) is 0.791. The predicted octanol–water partition coefficient (Wildman–Crippen LogP) is 1.12. The van der Waals surface area contributed by atoms with E-state index in [4.69, 9.17) is 5.73 Å². The summed E-state index contributed by atoms with van der Waals surface area (Å²) in [5.74, 6) is -0.395. The SMILES string of the molecule is COC(=O)[C@@H](N)Cc1ccc(-c2cn[nH]c2)cc1. The van der Waals surface area contributed by atoms with E-state index in [0.29, 0.717) is 6.42 Å². The van der Waals surface area contributed by atoms with Gasteiger partial charge in [-0.15, -0.1) is 0 Å². The van der Waals surface area contributed by atoms with Crippen molar-refractivity contribution in [3.05, 3.63) is 42.2 Å². The Kier molecular flexibility index (Phi) is 3.74. The molecule has 1 atom stereocenters. The second-order valence-corrected chi connectivity index (χ2v) is 4.02. The largest absolute Gasteiger partial charge is 0.468 e. The summed E-state index contributed by atoms with van der Waals surface area (Å²) in [4.78, 5) is 11.2. The van der Waals surface area contributed by atoms with Gasteiger partial charge in [-0.2, -0.15) is 5.10 Å². The zero-order valence-electron chi connectivity index (χ0n) is 10.1. The van der Waals surface area contributed by atoms with Crippen molar-refractivity contribution >= 4 is 5.97 Å². The maximum Gasteiger partial charge on any atom is 0.322 e. The molecule has 5 heteroatoms. The zero-order valence-corrected chi connectivity index (χ0v) is 10.1. The highest BCUT2D eigenvalue weighted by atomic mass is 16.5. The second-order valence-electron chi connectivity index (χ2n) is 4.02. The molecule has 5 nitrogen and oxygen atoms in total. The van der Waals surface area contributed by atoms with Crippen molar-refractivity contribution in [1.29, 1.82) is 0 Å². The van der Waals surface area contributed by atoms with Crippen LogP contribution in [0.25, 0.3) is 11.1 Å². The summed E-state index contributed by atoms with van der Waals surface area (Å²) in [7, 11) is 1.34. The van der Waals surface area contributed by atoms with Crippen LogP contribution in [0.2, 0.25) is 0 Å². The van der Waals surface area contributed by atoms with E-state index in [1.165, 1.54) is 7.11 Å². The number of rotatable bonds is 4. The van der Waals surface area contributed by atoms with Gasteiger partial charge in [-0.05, 0) is 17.5 Å². The van der Waals surface area contributed by atoms with E-state index >= 15 is 0 Å². The van der Waals surface area contributed by atoms with Gasteiger partial charge in [0, 0.05) is 11.8 Å². The first-order chi connectivity index (χ1) is 8.70. The number of carbonyl (C=O) groups excluding carboxylic acids is 1. The van der Waals surface area contributed by atoms with Crippen molar-refractivity contribution in [2.45, 2.75) is 12.5 Å². The average molecular weight is 245 g/mol. The fourth-order valence-corrected chi connectivity index (χ4v) is 1.73. The molecule has 0 fully saturated rings. The van der Waals surface area contributed by atoms with Gasteiger partial charge in [-0.3, -0.25) is 9.89 Å². The normalized spacial score (nSPS) is 12.1. The van der Waals surface area contributed by atoms with Crippen LogP contribution >= 0.6 is 0 Å². The number of methoxy groups -OCH3 is 1. The minimum absolute atomic E-state index is 0.395.